The van der Waals surface area contributed by atoms with Gasteiger partial charge in [-0.05, 0) is 51.0 Å². The Labute approximate surface area is 179 Å². The monoisotopic (exact) mass is 423 g/mol. The number of ketones is 1. The fourth-order valence-electron chi connectivity index (χ4n) is 4.52. The molecule has 2 aromatic rings. The molecule has 0 aliphatic heterocycles. The first-order chi connectivity index (χ1) is 14.2. The van der Waals surface area contributed by atoms with Crippen molar-refractivity contribution < 1.29 is 18.5 Å². The largest absolute Gasteiger partial charge is 0.468 e. The Kier molecular flexibility index (Phi) is 5.96. The van der Waals surface area contributed by atoms with Crippen LogP contribution in [0.5, 0.6) is 0 Å². The van der Waals surface area contributed by atoms with Crippen LogP contribution in [-0.4, -0.2) is 23.1 Å². The highest BCUT2D eigenvalue weighted by atomic mass is 32.2. The van der Waals surface area contributed by atoms with Crippen LogP contribution in [-0.2, 0) is 30.5 Å². The Morgan fingerprint density at radius 3 is 2.47 bits per heavy atom. The fourth-order valence-corrected chi connectivity index (χ4v) is 5.84. The second-order valence-electron chi connectivity index (χ2n) is 8.10. The second-order valence-corrected chi connectivity index (χ2v) is 9.55. The summed E-state index contributed by atoms with van der Waals surface area (Å²) >= 11 is 0. The Balaban J connectivity index is 2.15. The van der Waals surface area contributed by atoms with Crippen LogP contribution in [0.3, 0.4) is 0 Å². The lowest BCUT2D eigenvalue weighted by Crippen LogP contribution is -2.47. The molecule has 1 aliphatic rings. The maximum absolute atomic E-state index is 13.4. The van der Waals surface area contributed by atoms with E-state index in [-0.39, 0.29) is 12.2 Å². The van der Waals surface area contributed by atoms with Crippen molar-refractivity contribution in [2.45, 2.75) is 48.8 Å². The molecular formula is C24H25NO4S. The molecule has 0 bridgehead atoms. The molecule has 156 valence electrons. The molecule has 0 amide bonds. The Morgan fingerprint density at radius 1 is 1.23 bits per heavy atom. The molecule has 0 spiro atoms. The highest BCUT2D eigenvalue weighted by Gasteiger charge is 2.60. The summed E-state index contributed by atoms with van der Waals surface area (Å²) in [4.78, 5) is 26.5. The lowest BCUT2D eigenvalue weighted by molar-refractivity contribution is -0.159. The van der Waals surface area contributed by atoms with Gasteiger partial charge in [-0.25, -0.2) is 4.21 Å². The van der Waals surface area contributed by atoms with E-state index in [4.69, 9.17) is 4.74 Å². The van der Waals surface area contributed by atoms with Crippen LogP contribution in [0.25, 0.3) is 0 Å². The van der Waals surface area contributed by atoms with Gasteiger partial charge >= 0.3 is 5.97 Å². The summed E-state index contributed by atoms with van der Waals surface area (Å²) in [6.45, 7) is 5.24. The van der Waals surface area contributed by atoms with Gasteiger partial charge in [0.25, 0.3) is 0 Å². The van der Waals surface area contributed by atoms with Crippen LogP contribution in [0, 0.1) is 29.6 Å². The molecule has 30 heavy (non-hydrogen) atoms. The molecule has 1 fully saturated rings. The lowest BCUT2D eigenvalue weighted by Gasteiger charge is -2.38. The minimum absolute atomic E-state index is 0.205. The summed E-state index contributed by atoms with van der Waals surface area (Å²) in [7, 11) is -0.263. The third kappa shape index (κ3) is 3.37. The van der Waals surface area contributed by atoms with Gasteiger partial charge < -0.3 is 4.74 Å². The third-order valence-corrected chi connectivity index (χ3v) is 7.81. The van der Waals surface area contributed by atoms with Gasteiger partial charge in [0.15, 0.2) is 0 Å². The van der Waals surface area contributed by atoms with Crippen molar-refractivity contribution >= 4 is 22.6 Å². The number of rotatable bonds is 5. The zero-order chi connectivity index (χ0) is 22.1. The molecule has 1 saturated carbocycles. The number of nitrogens with zero attached hydrogens (tertiary/aromatic N) is 1. The molecule has 1 aliphatic carbocycles. The minimum atomic E-state index is -1.51. The van der Waals surface area contributed by atoms with E-state index in [0.717, 1.165) is 5.56 Å². The summed E-state index contributed by atoms with van der Waals surface area (Å²) in [6.07, 6.45) is 0.594. The highest BCUT2D eigenvalue weighted by Crippen LogP contribution is 2.52. The highest BCUT2D eigenvalue weighted by molar-refractivity contribution is 7.85. The number of hydrogen-bond acceptors (Lipinski definition) is 5. The van der Waals surface area contributed by atoms with E-state index in [2.05, 4.69) is 6.07 Å². The van der Waals surface area contributed by atoms with E-state index < -0.39 is 33.5 Å². The number of hydrogen-bond donors (Lipinski definition) is 0. The Bertz CT molecular complexity index is 1060. The zero-order valence-corrected chi connectivity index (χ0v) is 18.4. The van der Waals surface area contributed by atoms with Crippen LogP contribution in [0.2, 0.25) is 0 Å². The van der Waals surface area contributed by atoms with Gasteiger partial charge in [-0.3, -0.25) is 9.59 Å². The van der Waals surface area contributed by atoms with E-state index in [9.17, 15) is 19.1 Å². The Hall–Kier alpha value is -2.78. The Morgan fingerprint density at radius 2 is 1.87 bits per heavy atom. The number of carbonyl (C=O) groups is 2. The topological polar surface area (TPSA) is 84.2 Å². The lowest BCUT2D eigenvalue weighted by atomic mass is 9.62. The van der Waals surface area contributed by atoms with E-state index in [1.165, 1.54) is 7.11 Å². The van der Waals surface area contributed by atoms with Crippen molar-refractivity contribution in [3.05, 3.63) is 59.7 Å². The first-order valence-electron chi connectivity index (χ1n) is 9.81. The van der Waals surface area contributed by atoms with Gasteiger partial charge in [-0.2, -0.15) is 5.26 Å². The average Bonchev–Trinajstić information content (AvgIpc) is 3.08. The average molecular weight is 424 g/mol. The normalized spacial score (nSPS) is 24.0. The molecule has 2 aromatic carbocycles. The predicted octanol–water partition coefficient (Wildman–Crippen LogP) is 4.10. The number of benzene rings is 2. The fraction of sp³-hybridized carbons (Fsp3) is 0.375. The van der Waals surface area contributed by atoms with Gasteiger partial charge in [0.1, 0.15) is 11.2 Å². The van der Waals surface area contributed by atoms with Crippen LogP contribution in [0.1, 0.15) is 37.8 Å². The second kappa shape index (κ2) is 8.16. The maximum atomic E-state index is 13.4. The van der Waals surface area contributed by atoms with Gasteiger partial charge in [-0.1, -0.05) is 35.9 Å². The third-order valence-electron chi connectivity index (χ3n) is 6.36. The summed E-state index contributed by atoms with van der Waals surface area (Å²) in [5.74, 6) is -1.45. The van der Waals surface area contributed by atoms with E-state index in [1.54, 1.807) is 38.1 Å². The van der Waals surface area contributed by atoms with Crippen LogP contribution >= 0.6 is 0 Å². The van der Waals surface area contributed by atoms with Crippen LogP contribution in [0.15, 0.2) is 58.3 Å². The van der Waals surface area contributed by atoms with Crippen molar-refractivity contribution in [2.75, 3.05) is 7.11 Å². The number of carbonyl (C=O) groups excluding carboxylic acids is 2. The molecule has 0 radical (unpaired) electrons. The summed E-state index contributed by atoms with van der Waals surface area (Å²) in [5, 5.41) is 10.3. The number of ether oxygens (including phenoxy) is 1. The molecular weight excluding hydrogens is 398 g/mol. The number of esters is 1. The number of methoxy groups -OCH3 is 1. The molecule has 5 nitrogen and oxygen atoms in total. The van der Waals surface area contributed by atoms with E-state index >= 15 is 0 Å². The summed E-state index contributed by atoms with van der Waals surface area (Å²) in [6, 6.07) is 16.8. The molecule has 3 rings (SSSR count). The predicted molar refractivity (Wildman–Crippen MR) is 113 cm³/mol. The van der Waals surface area contributed by atoms with Crippen molar-refractivity contribution in [2.24, 2.45) is 11.3 Å². The summed E-state index contributed by atoms with van der Waals surface area (Å²) < 4.78 is 18.4. The van der Waals surface area contributed by atoms with E-state index in [0.29, 0.717) is 21.8 Å². The van der Waals surface area contributed by atoms with Gasteiger partial charge in [0.05, 0.1) is 29.4 Å². The van der Waals surface area contributed by atoms with Crippen molar-refractivity contribution in [1.29, 1.82) is 5.26 Å². The SMILES string of the molecule is COC(=O)[C@]1(C)C(=O)CC[C@@H]1[C@@](C)(C#N)c1ccccc1[S@@](=O)c1ccc(C)cc1. The molecule has 6 heteroatoms. The standard InChI is InChI=1S/C24H25NO4S/c1-16-9-11-17(12-10-16)30(28)19-8-6-5-7-18(19)23(2,15-25)20-13-14-21(26)24(20,3)22(27)29-4/h5-12,20H,13-14H2,1-4H3/t20-,23+,24+,30+/m1/s1. The molecule has 0 aromatic heterocycles. The number of Topliss-reactive ketones (excluding diaryl/α,β-unsaturated/α-hetero) is 1. The number of nitriles is 1. The molecule has 4 atom stereocenters. The van der Waals surface area contributed by atoms with Gasteiger partial charge in [0.2, 0.25) is 0 Å². The van der Waals surface area contributed by atoms with E-state index in [1.807, 2.05) is 31.2 Å². The molecule has 0 unspecified atom stereocenters. The molecule has 0 N–H and O–H groups in total. The van der Waals surface area contributed by atoms with Gasteiger partial charge in [0, 0.05) is 22.1 Å². The van der Waals surface area contributed by atoms with Crippen LogP contribution in [0.4, 0.5) is 0 Å². The first kappa shape index (κ1) is 21.9. The molecule has 0 saturated heterocycles. The minimum Gasteiger partial charge on any atom is -0.468 e. The smallest absolute Gasteiger partial charge is 0.319 e. The zero-order valence-electron chi connectivity index (χ0n) is 17.6. The summed E-state index contributed by atoms with van der Waals surface area (Å²) in [5.41, 5.74) is -0.991. The van der Waals surface area contributed by atoms with Crippen LogP contribution < -0.4 is 0 Å². The van der Waals surface area contributed by atoms with Crippen molar-refractivity contribution in [1.82, 2.24) is 0 Å². The van der Waals surface area contributed by atoms with Gasteiger partial charge in [-0.15, -0.1) is 0 Å². The maximum Gasteiger partial charge on any atom is 0.319 e. The number of aryl methyl sites for hydroxylation is 1. The molecule has 0 heterocycles. The van der Waals surface area contributed by atoms with Crippen molar-refractivity contribution in [3.63, 3.8) is 0 Å². The quantitative estimate of drug-likeness (QED) is 0.534. The first-order valence-corrected chi connectivity index (χ1v) is 11.0. The van der Waals surface area contributed by atoms with Crippen molar-refractivity contribution in [3.8, 4) is 6.07 Å².